The van der Waals surface area contributed by atoms with Crippen molar-refractivity contribution in [3.05, 3.63) is 36.9 Å². The Bertz CT molecular complexity index is 486. The van der Waals surface area contributed by atoms with Crippen LogP contribution in [0.25, 0.3) is 11.3 Å². The Morgan fingerprint density at radius 2 is 2.00 bits per heavy atom. The Morgan fingerprint density at radius 1 is 1.19 bits per heavy atom. The smallest absolute Gasteiger partial charge is 0.172 e. The zero-order valence-electron chi connectivity index (χ0n) is 8.28. The van der Waals surface area contributed by atoms with Crippen molar-refractivity contribution in [2.24, 2.45) is 4.99 Å². The third-order valence-corrected chi connectivity index (χ3v) is 1.85. The maximum absolute atomic E-state index is 8.36. The summed E-state index contributed by atoms with van der Waals surface area (Å²) in [6.45, 7) is 0. The molecule has 0 spiro atoms. The third kappa shape index (κ3) is 2.37. The van der Waals surface area contributed by atoms with Gasteiger partial charge in [-0.25, -0.2) is 9.98 Å². The summed E-state index contributed by atoms with van der Waals surface area (Å²) in [7, 11) is 0. The monoisotopic (exact) mass is 215 g/mol. The molecule has 2 aromatic rings. The van der Waals surface area contributed by atoms with Crippen LogP contribution in [0.3, 0.4) is 0 Å². The Labute approximate surface area is 91.7 Å². The lowest BCUT2D eigenvalue weighted by Crippen LogP contribution is -2.01. The maximum Gasteiger partial charge on any atom is 0.172 e. The van der Waals surface area contributed by atoms with Crippen molar-refractivity contribution < 1.29 is 5.21 Å². The molecular formula is C10H9N5O. The van der Waals surface area contributed by atoms with Crippen molar-refractivity contribution >= 4 is 12.2 Å². The van der Waals surface area contributed by atoms with Crippen LogP contribution in [-0.4, -0.2) is 26.5 Å². The number of rotatable bonds is 3. The molecule has 0 bridgehead atoms. The van der Waals surface area contributed by atoms with Crippen molar-refractivity contribution in [3.8, 4) is 11.3 Å². The molecule has 16 heavy (non-hydrogen) atoms. The molecule has 2 heterocycles. The number of hydroxylamine groups is 1. The number of hydrogen-bond acceptors (Lipinski definition) is 5. The fourth-order valence-corrected chi connectivity index (χ4v) is 1.17. The van der Waals surface area contributed by atoms with Crippen molar-refractivity contribution in [2.45, 2.75) is 0 Å². The highest BCUT2D eigenvalue weighted by atomic mass is 16.5. The molecule has 0 radical (unpaired) electrons. The maximum atomic E-state index is 8.36. The molecule has 2 aromatic heterocycles. The SMILES string of the molecule is ONC=Nc1cncc(-c2ccncc2)n1. The molecule has 0 aliphatic rings. The highest BCUT2D eigenvalue weighted by Gasteiger charge is 1.99. The molecule has 2 rings (SSSR count). The van der Waals surface area contributed by atoms with Crippen LogP contribution in [0.5, 0.6) is 0 Å². The molecule has 0 amide bonds. The summed E-state index contributed by atoms with van der Waals surface area (Å²) in [6.07, 6.45) is 7.63. The topological polar surface area (TPSA) is 83.3 Å². The van der Waals surface area contributed by atoms with E-state index in [2.05, 4.69) is 19.9 Å². The molecule has 0 aliphatic heterocycles. The normalized spacial score (nSPS) is 10.6. The minimum atomic E-state index is 0.413. The van der Waals surface area contributed by atoms with Gasteiger partial charge in [-0.15, -0.1) is 0 Å². The summed E-state index contributed by atoms with van der Waals surface area (Å²) < 4.78 is 0. The Balaban J connectivity index is 2.33. The van der Waals surface area contributed by atoms with Gasteiger partial charge in [0.05, 0.1) is 18.1 Å². The van der Waals surface area contributed by atoms with Gasteiger partial charge in [-0.1, -0.05) is 0 Å². The number of nitrogens with zero attached hydrogens (tertiary/aromatic N) is 4. The molecule has 6 heteroatoms. The summed E-state index contributed by atoms with van der Waals surface area (Å²) in [5, 5.41) is 8.36. The van der Waals surface area contributed by atoms with Gasteiger partial charge in [0.15, 0.2) is 5.82 Å². The first-order valence-electron chi connectivity index (χ1n) is 4.55. The summed E-state index contributed by atoms with van der Waals surface area (Å²) in [4.78, 5) is 16.0. The highest BCUT2D eigenvalue weighted by molar-refractivity contribution is 5.61. The van der Waals surface area contributed by atoms with E-state index in [0.29, 0.717) is 11.5 Å². The number of aliphatic imine (C=N–C) groups is 1. The second kappa shape index (κ2) is 4.94. The third-order valence-electron chi connectivity index (χ3n) is 1.85. The number of nitrogens with one attached hydrogen (secondary N) is 1. The average molecular weight is 215 g/mol. The van der Waals surface area contributed by atoms with E-state index in [1.54, 1.807) is 24.1 Å². The molecule has 0 atom stereocenters. The van der Waals surface area contributed by atoms with E-state index < -0.39 is 0 Å². The first kappa shape index (κ1) is 10.2. The quantitative estimate of drug-likeness (QED) is 0.456. The summed E-state index contributed by atoms with van der Waals surface area (Å²) in [6, 6.07) is 3.67. The van der Waals surface area contributed by atoms with Crippen molar-refractivity contribution in [3.63, 3.8) is 0 Å². The largest absolute Gasteiger partial charge is 0.290 e. The number of hydrogen-bond donors (Lipinski definition) is 2. The van der Waals surface area contributed by atoms with Crippen LogP contribution in [0, 0.1) is 0 Å². The van der Waals surface area contributed by atoms with Gasteiger partial charge in [-0.05, 0) is 12.1 Å². The van der Waals surface area contributed by atoms with Crippen molar-refractivity contribution in [1.82, 2.24) is 20.4 Å². The molecule has 80 valence electrons. The van der Waals surface area contributed by atoms with Crippen LogP contribution in [-0.2, 0) is 0 Å². The zero-order valence-corrected chi connectivity index (χ0v) is 8.28. The molecule has 0 aromatic carbocycles. The van der Waals surface area contributed by atoms with Gasteiger partial charge in [0.1, 0.15) is 6.34 Å². The van der Waals surface area contributed by atoms with Gasteiger partial charge in [0.25, 0.3) is 0 Å². The Kier molecular flexibility index (Phi) is 3.15. The van der Waals surface area contributed by atoms with Gasteiger partial charge in [-0.2, -0.15) is 0 Å². The van der Waals surface area contributed by atoms with Gasteiger partial charge in [0, 0.05) is 18.0 Å². The number of aromatic nitrogens is 3. The van der Waals surface area contributed by atoms with Crippen LogP contribution in [0.1, 0.15) is 0 Å². The van der Waals surface area contributed by atoms with Gasteiger partial charge in [0.2, 0.25) is 0 Å². The molecule has 6 nitrogen and oxygen atoms in total. The van der Waals surface area contributed by atoms with E-state index in [9.17, 15) is 0 Å². The lowest BCUT2D eigenvalue weighted by molar-refractivity contribution is 0.240. The van der Waals surface area contributed by atoms with E-state index in [0.717, 1.165) is 11.9 Å². The van der Waals surface area contributed by atoms with Crippen molar-refractivity contribution in [2.75, 3.05) is 0 Å². The highest BCUT2D eigenvalue weighted by Crippen LogP contribution is 2.16. The predicted octanol–water partition coefficient (Wildman–Crippen LogP) is 1.18. The van der Waals surface area contributed by atoms with E-state index in [-0.39, 0.29) is 0 Å². The van der Waals surface area contributed by atoms with Crippen LogP contribution in [0.2, 0.25) is 0 Å². The summed E-state index contributed by atoms with van der Waals surface area (Å²) in [5.41, 5.74) is 3.42. The predicted molar refractivity (Wildman–Crippen MR) is 58.3 cm³/mol. The number of pyridine rings is 1. The molecule has 0 unspecified atom stereocenters. The van der Waals surface area contributed by atoms with Crippen LogP contribution < -0.4 is 5.48 Å². The molecular weight excluding hydrogens is 206 g/mol. The van der Waals surface area contributed by atoms with E-state index in [1.165, 1.54) is 6.20 Å². The van der Waals surface area contributed by atoms with E-state index >= 15 is 0 Å². The fraction of sp³-hybridized carbons (Fsp3) is 0. The van der Waals surface area contributed by atoms with Gasteiger partial charge in [-0.3, -0.25) is 20.7 Å². The zero-order chi connectivity index (χ0) is 11.2. The summed E-state index contributed by atoms with van der Waals surface area (Å²) in [5.74, 6) is 0.413. The fourth-order valence-electron chi connectivity index (χ4n) is 1.17. The standard InChI is InChI=1S/C10H9N5O/c16-14-7-13-10-6-12-5-9(15-10)8-1-3-11-4-2-8/h1-7,16H,(H,13,14,15). The van der Waals surface area contributed by atoms with Crippen molar-refractivity contribution in [1.29, 1.82) is 0 Å². The van der Waals surface area contributed by atoms with Crippen LogP contribution in [0.4, 0.5) is 5.82 Å². The molecule has 0 aliphatic carbocycles. The van der Waals surface area contributed by atoms with Crippen LogP contribution in [0.15, 0.2) is 41.9 Å². The Morgan fingerprint density at radius 3 is 2.75 bits per heavy atom. The molecule has 0 saturated carbocycles. The van der Waals surface area contributed by atoms with E-state index in [4.69, 9.17) is 5.21 Å². The lowest BCUT2D eigenvalue weighted by Gasteiger charge is -1.99. The second-order valence-corrected chi connectivity index (χ2v) is 2.89. The first-order chi connectivity index (χ1) is 7.90. The average Bonchev–Trinajstić information content (AvgIpc) is 2.38. The van der Waals surface area contributed by atoms with Gasteiger partial charge < -0.3 is 0 Å². The minimum absolute atomic E-state index is 0.413. The second-order valence-electron chi connectivity index (χ2n) is 2.89. The summed E-state index contributed by atoms with van der Waals surface area (Å²) >= 11 is 0. The Hall–Kier alpha value is -2.34. The minimum Gasteiger partial charge on any atom is -0.290 e. The molecule has 2 N–H and O–H groups in total. The first-order valence-corrected chi connectivity index (χ1v) is 4.55. The van der Waals surface area contributed by atoms with Gasteiger partial charge >= 0.3 is 0 Å². The molecule has 0 saturated heterocycles. The van der Waals surface area contributed by atoms with E-state index in [1.807, 2.05) is 12.1 Å². The van der Waals surface area contributed by atoms with Crippen LogP contribution >= 0.6 is 0 Å². The lowest BCUT2D eigenvalue weighted by atomic mass is 10.2. The molecule has 0 fully saturated rings.